The van der Waals surface area contributed by atoms with E-state index in [1.54, 1.807) is 19.3 Å². The summed E-state index contributed by atoms with van der Waals surface area (Å²) in [6, 6.07) is 0. The Balaban J connectivity index is 1.55. The smallest absolute Gasteiger partial charge is 0.0192 e. The maximum absolute atomic E-state index is 3.90. The van der Waals surface area contributed by atoms with E-state index < -0.39 is 0 Å². The van der Waals surface area contributed by atoms with Crippen LogP contribution in [0.5, 0.6) is 0 Å². The van der Waals surface area contributed by atoms with Gasteiger partial charge in [-0.3, -0.25) is 0 Å². The highest BCUT2D eigenvalue weighted by Gasteiger charge is 2.50. The lowest BCUT2D eigenvalue weighted by atomic mass is 9.53. The Hall–Kier alpha value is -0.300. The SMILES string of the molecule is CCCC=CCNC12CC3CC(CC(C3)C1)C2. The predicted octanol–water partition coefficient (Wildman–Crippen LogP) is 3.90. The van der Waals surface area contributed by atoms with Crippen LogP contribution in [0, 0.1) is 17.8 Å². The molecule has 4 fully saturated rings. The van der Waals surface area contributed by atoms with Crippen molar-refractivity contribution in [3.8, 4) is 0 Å². The van der Waals surface area contributed by atoms with Gasteiger partial charge >= 0.3 is 0 Å². The van der Waals surface area contributed by atoms with Crippen molar-refractivity contribution in [3.63, 3.8) is 0 Å². The third kappa shape index (κ3) is 2.45. The van der Waals surface area contributed by atoms with Gasteiger partial charge in [-0.15, -0.1) is 0 Å². The number of hydrogen-bond donors (Lipinski definition) is 1. The van der Waals surface area contributed by atoms with Crippen LogP contribution < -0.4 is 5.32 Å². The lowest BCUT2D eigenvalue weighted by molar-refractivity contribution is -0.0179. The molecule has 1 N–H and O–H groups in total. The summed E-state index contributed by atoms with van der Waals surface area (Å²) in [5.41, 5.74) is 0.547. The van der Waals surface area contributed by atoms with Crippen LogP contribution in [0.25, 0.3) is 0 Å². The lowest BCUT2D eigenvalue weighted by Gasteiger charge is -2.57. The van der Waals surface area contributed by atoms with E-state index in [0.29, 0.717) is 5.54 Å². The first-order chi connectivity index (χ1) is 8.30. The van der Waals surface area contributed by atoms with Gasteiger partial charge in [0.2, 0.25) is 0 Å². The van der Waals surface area contributed by atoms with Crippen LogP contribution in [0.4, 0.5) is 0 Å². The van der Waals surface area contributed by atoms with E-state index in [1.165, 1.54) is 32.1 Å². The average Bonchev–Trinajstić information content (AvgIpc) is 2.26. The number of unbranched alkanes of at least 4 members (excludes halogenated alkanes) is 1. The summed E-state index contributed by atoms with van der Waals surface area (Å²) in [6.07, 6.45) is 16.3. The molecule has 0 atom stereocenters. The van der Waals surface area contributed by atoms with Gasteiger partial charge in [-0.2, -0.15) is 0 Å². The van der Waals surface area contributed by atoms with E-state index in [2.05, 4.69) is 24.4 Å². The molecule has 17 heavy (non-hydrogen) atoms. The third-order valence-electron chi connectivity index (χ3n) is 5.26. The van der Waals surface area contributed by atoms with Crippen LogP contribution in [0.2, 0.25) is 0 Å². The van der Waals surface area contributed by atoms with Gasteiger partial charge in [0.05, 0.1) is 0 Å². The molecular formula is C16H27N. The maximum atomic E-state index is 3.90. The van der Waals surface area contributed by atoms with Gasteiger partial charge in [0, 0.05) is 12.1 Å². The fraction of sp³-hybridized carbons (Fsp3) is 0.875. The molecule has 0 radical (unpaired) electrons. The van der Waals surface area contributed by atoms with Crippen LogP contribution >= 0.6 is 0 Å². The third-order valence-corrected chi connectivity index (χ3v) is 5.26. The van der Waals surface area contributed by atoms with E-state index in [9.17, 15) is 0 Å². The number of rotatable bonds is 5. The number of hydrogen-bond acceptors (Lipinski definition) is 1. The second-order valence-corrected chi connectivity index (χ2v) is 6.84. The Kier molecular flexibility index (Phi) is 3.30. The summed E-state index contributed by atoms with van der Waals surface area (Å²) < 4.78 is 0. The Morgan fingerprint density at radius 1 is 1.00 bits per heavy atom. The molecule has 4 saturated carbocycles. The van der Waals surface area contributed by atoms with Crippen LogP contribution in [0.1, 0.15) is 58.3 Å². The minimum Gasteiger partial charge on any atom is -0.308 e. The molecule has 0 aromatic rings. The zero-order chi connectivity index (χ0) is 11.7. The molecular weight excluding hydrogens is 206 g/mol. The van der Waals surface area contributed by atoms with Crippen molar-refractivity contribution < 1.29 is 0 Å². The number of nitrogens with one attached hydrogen (secondary N) is 1. The van der Waals surface area contributed by atoms with Crippen molar-refractivity contribution in [2.75, 3.05) is 6.54 Å². The van der Waals surface area contributed by atoms with Gasteiger partial charge in [-0.25, -0.2) is 0 Å². The molecule has 4 aliphatic carbocycles. The van der Waals surface area contributed by atoms with Crippen molar-refractivity contribution in [2.45, 2.75) is 63.8 Å². The van der Waals surface area contributed by atoms with Crippen molar-refractivity contribution >= 4 is 0 Å². The molecule has 0 aromatic heterocycles. The second kappa shape index (κ2) is 4.76. The normalized spacial score (nSPS) is 43.7. The van der Waals surface area contributed by atoms with Crippen LogP contribution in [0.3, 0.4) is 0 Å². The van der Waals surface area contributed by atoms with Gasteiger partial charge in [-0.1, -0.05) is 25.5 Å². The highest BCUT2D eigenvalue weighted by atomic mass is 15.0. The Morgan fingerprint density at radius 2 is 1.59 bits per heavy atom. The highest BCUT2D eigenvalue weighted by Crippen LogP contribution is 2.55. The molecule has 0 spiro atoms. The zero-order valence-electron chi connectivity index (χ0n) is 11.3. The predicted molar refractivity (Wildman–Crippen MR) is 73.0 cm³/mol. The molecule has 0 heterocycles. The minimum atomic E-state index is 0.547. The quantitative estimate of drug-likeness (QED) is 0.710. The summed E-state index contributed by atoms with van der Waals surface area (Å²) in [6.45, 7) is 3.35. The zero-order valence-corrected chi connectivity index (χ0v) is 11.3. The maximum Gasteiger partial charge on any atom is 0.0192 e. The first kappa shape index (κ1) is 11.8. The molecule has 1 heteroatoms. The minimum absolute atomic E-state index is 0.547. The average molecular weight is 233 g/mol. The van der Waals surface area contributed by atoms with Crippen LogP contribution in [-0.2, 0) is 0 Å². The van der Waals surface area contributed by atoms with Gasteiger partial charge in [0.1, 0.15) is 0 Å². The summed E-state index contributed by atoms with van der Waals surface area (Å²) in [5, 5.41) is 3.90. The van der Waals surface area contributed by atoms with Gasteiger partial charge in [0.25, 0.3) is 0 Å². The topological polar surface area (TPSA) is 12.0 Å². The summed E-state index contributed by atoms with van der Waals surface area (Å²) in [5.74, 6) is 3.19. The summed E-state index contributed by atoms with van der Waals surface area (Å²) in [4.78, 5) is 0. The molecule has 4 bridgehead atoms. The Bertz CT molecular complexity index is 257. The van der Waals surface area contributed by atoms with Crippen molar-refractivity contribution in [3.05, 3.63) is 12.2 Å². The van der Waals surface area contributed by atoms with Crippen molar-refractivity contribution in [2.24, 2.45) is 17.8 Å². The summed E-state index contributed by atoms with van der Waals surface area (Å²) in [7, 11) is 0. The molecule has 0 unspecified atom stereocenters. The van der Waals surface area contributed by atoms with Crippen LogP contribution in [-0.4, -0.2) is 12.1 Å². The fourth-order valence-corrected chi connectivity index (χ4v) is 4.97. The molecule has 1 nitrogen and oxygen atoms in total. The van der Waals surface area contributed by atoms with Crippen molar-refractivity contribution in [1.29, 1.82) is 0 Å². The fourth-order valence-electron chi connectivity index (χ4n) is 4.97. The van der Waals surface area contributed by atoms with E-state index in [1.807, 2.05) is 0 Å². The van der Waals surface area contributed by atoms with Gasteiger partial charge in [0.15, 0.2) is 0 Å². The summed E-state index contributed by atoms with van der Waals surface area (Å²) >= 11 is 0. The van der Waals surface area contributed by atoms with E-state index >= 15 is 0 Å². The molecule has 4 rings (SSSR count). The van der Waals surface area contributed by atoms with Crippen LogP contribution in [0.15, 0.2) is 12.2 Å². The number of allylic oxidation sites excluding steroid dienone is 1. The molecule has 0 aliphatic heterocycles. The Labute approximate surface area is 106 Å². The first-order valence-corrected chi connectivity index (χ1v) is 7.70. The standard InChI is InChI=1S/C16H27N/c1-2-3-4-5-6-17-16-10-13-7-14(11-16)9-15(8-13)12-16/h4-5,13-15,17H,2-3,6-12H2,1H3. The van der Waals surface area contributed by atoms with Gasteiger partial charge < -0.3 is 5.32 Å². The monoisotopic (exact) mass is 233 g/mol. The second-order valence-electron chi connectivity index (χ2n) is 6.84. The highest BCUT2D eigenvalue weighted by molar-refractivity contribution is 5.07. The first-order valence-electron chi connectivity index (χ1n) is 7.70. The molecule has 4 aliphatic rings. The van der Waals surface area contributed by atoms with E-state index in [0.717, 1.165) is 24.3 Å². The molecule has 0 aromatic carbocycles. The van der Waals surface area contributed by atoms with E-state index in [-0.39, 0.29) is 0 Å². The largest absolute Gasteiger partial charge is 0.308 e. The lowest BCUT2D eigenvalue weighted by Crippen LogP contribution is -2.58. The molecule has 0 saturated heterocycles. The Morgan fingerprint density at radius 3 is 2.12 bits per heavy atom. The van der Waals surface area contributed by atoms with Crippen molar-refractivity contribution in [1.82, 2.24) is 5.32 Å². The molecule has 0 amide bonds. The molecule has 96 valence electrons. The van der Waals surface area contributed by atoms with E-state index in [4.69, 9.17) is 0 Å². The van der Waals surface area contributed by atoms with Gasteiger partial charge in [-0.05, 0) is 62.7 Å².